The molecule has 0 spiro atoms. The van der Waals surface area contributed by atoms with Crippen LogP contribution in [0.5, 0.6) is 11.5 Å². The number of fused-ring (bicyclic) bond motifs is 1. The average Bonchev–Trinajstić information content (AvgIpc) is 2.96. The summed E-state index contributed by atoms with van der Waals surface area (Å²) in [7, 11) is 3.25. The molecule has 2 heterocycles. The molecule has 1 atom stereocenters. The number of nitrogens with two attached hydrogens (primary N) is 1. The SMILES string of the molecule is COc1cc(O[C@@H](C)c2nnn(C)n2)c2c(N)ncnc2c1Br. The quantitative estimate of drug-likeness (QED) is 0.727. The summed E-state index contributed by atoms with van der Waals surface area (Å²) in [5, 5.41) is 12.5. The molecule has 0 amide bonds. The number of tetrazole rings is 1. The summed E-state index contributed by atoms with van der Waals surface area (Å²) in [4.78, 5) is 9.64. The second-order valence-corrected chi connectivity index (χ2v) is 5.56. The van der Waals surface area contributed by atoms with Gasteiger partial charge in [0.15, 0.2) is 6.10 Å². The van der Waals surface area contributed by atoms with Crippen LogP contribution in [-0.4, -0.2) is 37.3 Å². The fourth-order valence-electron chi connectivity index (χ4n) is 2.13. The zero-order valence-electron chi connectivity index (χ0n) is 12.7. The minimum absolute atomic E-state index is 0.313. The number of hydrogen-bond acceptors (Lipinski definition) is 8. The maximum Gasteiger partial charge on any atom is 0.214 e. The number of benzene rings is 1. The van der Waals surface area contributed by atoms with Gasteiger partial charge < -0.3 is 15.2 Å². The summed E-state index contributed by atoms with van der Waals surface area (Å²) in [6.45, 7) is 1.82. The van der Waals surface area contributed by atoms with Crippen molar-refractivity contribution in [2.45, 2.75) is 13.0 Å². The molecule has 1 aromatic carbocycles. The summed E-state index contributed by atoms with van der Waals surface area (Å²) in [5.41, 5.74) is 6.60. The van der Waals surface area contributed by atoms with Gasteiger partial charge in [-0.15, -0.1) is 10.2 Å². The molecule has 9 nitrogen and oxygen atoms in total. The number of halogens is 1. The van der Waals surface area contributed by atoms with Gasteiger partial charge in [0.25, 0.3) is 0 Å². The number of rotatable bonds is 4. The molecule has 0 aliphatic heterocycles. The lowest BCUT2D eigenvalue weighted by Crippen LogP contribution is -2.08. The Hall–Kier alpha value is -2.49. The van der Waals surface area contributed by atoms with Crippen LogP contribution in [0.4, 0.5) is 5.82 Å². The lowest BCUT2D eigenvalue weighted by Gasteiger charge is -2.16. The lowest BCUT2D eigenvalue weighted by atomic mass is 10.2. The summed E-state index contributed by atoms with van der Waals surface area (Å²) >= 11 is 3.46. The monoisotopic (exact) mass is 379 g/mol. The normalized spacial score (nSPS) is 12.3. The van der Waals surface area contributed by atoms with Gasteiger partial charge in [-0.1, -0.05) is 0 Å². The number of anilines is 1. The lowest BCUT2D eigenvalue weighted by molar-refractivity contribution is 0.218. The number of aromatic nitrogens is 6. The highest BCUT2D eigenvalue weighted by Crippen LogP contribution is 2.41. The number of methoxy groups -OCH3 is 1. The zero-order chi connectivity index (χ0) is 16.6. The second kappa shape index (κ2) is 5.95. The van der Waals surface area contributed by atoms with Crippen LogP contribution in [0.15, 0.2) is 16.9 Å². The van der Waals surface area contributed by atoms with E-state index in [1.54, 1.807) is 20.2 Å². The van der Waals surface area contributed by atoms with Crippen LogP contribution in [0, 0.1) is 0 Å². The zero-order valence-corrected chi connectivity index (χ0v) is 14.3. The van der Waals surface area contributed by atoms with E-state index in [4.69, 9.17) is 15.2 Å². The Kier molecular flexibility index (Phi) is 3.99. The predicted octanol–water partition coefficient (Wildman–Crippen LogP) is 1.65. The highest BCUT2D eigenvalue weighted by atomic mass is 79.9. The van der Waals surface area contributed by atoms with Crippen molar-refractivity contribution in [3.05, 3.63) is 22.7 Å². The van der Waals surface area contributed by atoms with E-state index in [1.807, 2.05) is 6.92 Å². The van der Waals surface area contributed by atoms with Crippen molar-refractivity contribution in [2.75, 3.05) is 12.8 Å². The first-order valence-electron chi connectivity index (χ1n) is 6.68. The highest BCUT2D eigenvalue weighted by molar-refractivity contribution is 9.10. The molecular weight excluding hydrogens is 366 g/mol. The Morgan fingerprint density at radius 1 is 1.30 bits per heavy atom. The van der Waals surface area contributed by atoms with Gasteiger partial charge in [-0.25, -0.2) is 9.97 Å². The molecule has 0 fully saturated rings. The Labute approximate surface area is 139 Å². The molecule has 0 saturated carbocycles. The minimum atomic E-state index is -0.433. The molecule has 0 aliphatic rings. The van der Waals surface area contributed by atoms with Crippen LogP contribution >= 0.6 is 15.9 Å². The van der Waals surface area contributed by atoms with Crippen molar-refractivity contribution in [3.63, 3.8) is 0 Å². The Morgan fingerprint density at radius 3 is 2.74 bits per heavy atom. The maximum atomic E-state index is 6.00. The molecular formula is C13H14BrN7O2. The molecule has 3 rings (SSSR count). The Balaban J connectivity index is 2.11. The van der Waals surface area contributed by atoms with Crippen molar-refractivity contribution >= 4 is 32.7 Å². The molecule has 23 heavy (non-hydrogen) atoms. The molecule has 2 N–H and O–H groups in total. The van der Waals surface area contributed by atoms with E-state index in [1.165, 1.54) is 11.1 Å². The number of nitrogen functional groups attached to an aromatic ring is 1. The van der Waals surface area contributed by atoms with Gasteiger partial charge in [0.1, 0.15) is 23.6 Å². The molecule has 10 heteroatoms. The van der Waals surface area contributed by atoms with Gasteiger partial charge in [0.05, 0.1) is 29.5 Å². The fraction of sp³-hybridized carbons (Fsp3) is 0.308. The van der Waals surface area contributed by atoms with E-state index < -0.39 is 6.10 Å². The van der Waals surface area contributed by atoms with Crippen LogP contribution in [0.25, 0.3) is 10.9 Å². The molecule has 0 bridgehead atoms. The van der Waals surface area contributed by atoms with Gasteiger partial charge in [-0.3, -0.25) is 0 Å². The summed E-state index contributed by atoms with van der Waals surface area (Å²) < 4.78 is 12.0. The molecule has 3 aromatic rings. The van der Waals surface area contributed by atoms with Crippen molar-refractivity contribution < 1.29 is 9.47 Å². The first kappa shape index (κ1) is 15.4. The van der Waals surface area contributed by atoms with Gasteiger partial charge in [0.2, 0.25) is 5.82 Å². The molecule has 2 aromatic heterocycles. The predicted molar refractivity (Wildman–Crippen MR) is 86.0 cm³/mol. The first-order chi connectivity index (χ1) is 11.0. The van der Waals surface area contributed by atoms with Gasteiger partial charge in [-0.2, -0.15) is 4.80 Å². The van der Waals surface area contributed by atoms with Crippen molar-refractivity contribution in [1.29, 1.82) is 0 Å². The van der Waals surface area contributed by atoms with E-state index >= 15 is 0 Å². The van der Waals surface area contributed by atoms with Gasteiger partial charge in [0, 0.05) is 6.07 Å². The maximum absolute atomic E-state index is 6.00. The second-order valence-electron chi connectivity index (χ2n) is 4.77. The highest BCUT2D eigenvalue weighted by Gasteiger charge is 2.20. The Morgan fingerprint density at radius 2 is 2.09 bits per heavy atom. The van der Waals surface area contributed by atoms with Crippen LogP contribution in [0.3, 0.4) is 0 Å². The van der Waals surface area contributed by atoms with Crippen molar-refractivity contribution in [3.8, 4) is 11.5 Å². The molecule has 0 unspecified atom stereocenters. The van der Waals surface area contributed by atoms with E-state index in [2.05, 4.69) is 41.3 Å². The third-order valence-corrected chi connectivity index (χ3v) is 3.99. The first-order valence-corrected chi connectivity index (χ1v) is 7.47. The molecule has 0 aliphatic carbocycles. The standard InChI is InChI=1S/C13H14BrN7O2/c1-6(13-18-20-21(2)19-13)23-7-4-8(22-3)10(14)11-9(7)12(15)17-5-16-11/h4-6H,1-3H3,(H2,15,16,17)/t6-/m0/s1. The number of ether oxygens (including phenoxy) is 2. The molecule has 0 radical (unpaired) electrons. The summed E-state index contributed by atoms with van der Waals surface area (Å²) in [6, 6.07) is 1.72. The van der Waals surface area contributed by atoms with E-state index in [0.29, 0.717) is 38.5 Å². The van der Waals surface area contributed by atoms with Crippen LogP contribution in [0.2, 0.25) is 0 Å². The smallest absolute Gasteiger partial charge is 0.214 e. The van der Waals surface area contributed by atoms with Gasteiger partial charge >= 0.3 is 0 Å². The Bertz CT molecular complexity index is 867. The number of hydrogen-bond donors (Lipinski definition) is 1. The van der Waals surface area contributed by atoms with E-state index in [-0.39, 0.29) is 0 Å². The van der Waals surface area contributed by atoms with Crippen molar-refractivity contribution in [2.24, 2.45) is 7.05 Å². The largest absolute Gasteiger partial charge is 0.495 e. The van der Waals surface area contributed by atoms with E-state index in [9.17, 15) is 0 Å². The summed E-state index contributed by atoms with van der Waals surface area (Å²) in [6.07, 6.45) is 0.955. The van der Waals surface area contributed by atoms with Crippen molar-refractivity contribution in [1.82, 2.24) is 30.2 Å². The topological polar surface area (TPSA) is 114 Å². The molecule has 0 saturated heterocycles. The fourth-order valence-corrected chi connectivity index (χ4v) is 2.70. The van der Waals surface area contributed by atoms with Crippen LogP contribution in [-0.2, 0) is 7.05 Å². The van der Waals surface area contributed by atoms with Crippen LogP contribution in [0.1, 0.15) is 18.9 Å². The summed E-state index contributed by atoms with van der Waals surface area (Å²) in [5.74, 6) is 1.83. The minimum Gasteiger partial charge on any atom is -0.495 e. The van der Waals surface area contributed by atoms with Crippen LogP contribution < -0.4 is 15.2 Å². The number of nitrogens with zero attached hydrogens (tertiary/aromatic N) is 6. The average molecular weight is 380 g/mol. The number of aryl methyl sites for hydroxylation is 1. The van der Waals surface area contributed by atoms with Gasteiger partial charge in [-0.05, 0) is 28.1 Å². The third kappa shape index (κ3) is 2.77. The van der Waals surface area contributed by atoms with E-state index in [0.717, 1.165) is 0 Å². The molecule has 120 valence electrons. The third-order valence-electron chi connectivity index (χ3n) is 3.22.